The van der Waals surface area contributed by atoms with Crippen LogP contribution in [-0.4, -0.2) is 70.2 Å². The minimum Gasteiger partial charge on any atom is -0.508 e. The molecule has 3 amide bonds. The van der Waals surface area contributed by atoms with Gasteiger partial charge in [0.05, 0.1) is 18.6 Å². The zero-order valence-electron chi connectivity index (χ0n) is 25.6. The molecule has 0 spiro atoms. The Morgan fingerprint density at radius 1 is 0.977 bits per heavy atom. The number of aliphatic hydroxyl groups excluding tert-OH is 1. The van der Waals surface area contributed by atoms with Crippen molar-refractivity contribution in [1.29, 1.82) is 0 Å². The van der Waals surface area contributed by atoms with Crippen molar-refractivity contribution >= 4 is 23.7 Å². The lowest BCUT2D eigenvalue weighted by Gasteiger charge is -2.35. The van der Waals surface area contributed by atoms with Gasteiger partial charge in [-0.15, -0.1) is 0 Å². The number of benzene rings is 2. The van der Waals surface area contributed by atoms with Gasteiger partial charge in [-0.05, 0) is 66.8 Å². The number of amides is 3. The van der Waals surface area contributed by atoms with E-state index >= 15 is 0 Å². The maximum absolute atomic E-state index is 13.9. The van der Waals surface area contributed by atoms with E-state index in [1.165, 1.54) is 17.1 Å². The predicted molar refractivity (Wildman–Crippen MR) is 163 cm³/mol. The molecule has 238 valence electrons. The quantitative estimate of drug-likeness (QED) is 0.332. The van der Waals surface area contributed by atoms with E-state index in [0.29, 0.717) is 36.9 Å². The van der Waals surface area contributed by atoms with Crippen molar-refractivity contribution < 1.29 is 34.1 Å². The highest BCUT2D eigenvalue weighted by atomic mass is 16.5. The number of aryl methyl sites for hydroxylation is 1. The first-order valence-corrected chi connectivity index (χ1v) is 15.4. The minimum absolute atomic E-state index is 0.0214. The zero-order chi connectivity index (χ0) is 31.8. The predicted octanol–water partition coefficient (Wildman–Crippen LogP) is 2.31. The first-order valence-electron chi connectivity index (χ1n) is 15.4. The zero-order valence-corrected chi connectivity index (χ0v) is 25.6. The molecule has 0 unspecified atom stereocenters. The summed E-state index contributed by atoms with van der Waals surface area (Å²) in [7, 11) is 0. The van der Waals surface area contributed by atoms with E-state index in [1.807, 2.05) is 12.1 Å². The number of fused-ring (bicyclic) bond motifs is 15. The Bertz CT molecular complexity index is 1320. The van der Waals surface area contributed by atoms with Gasteiger partial charge in [0, 0.05) is 13.0 Å². The van der Waals surface area contributed by atoms with Crippen molar-refractivity contribution in [3.63, 3.8) is 0 Å². The molecule has 1 fully saturated rings. The van der Waals surface area contributed by atoms with Crippen LogP contribution in [0.5, 0.6) is 5.75 Å². The fraction of sp³-hybridized carbons (Fsp3) is 0.515. The summed E-state index contributed by atoms with van der Waals surface area (Å²) < 4.78 is 5.52. The second kappa shape index (κ2) is 15.2. The van der Waals surface area contributed by atoms with Crippen molar-refractivity contribution in [3.8, 4) is 5.75 Å². The van der Waals surface area contributed by atoms with Gasteiger partial charge >= 0.3 is 5.97 Å². The standard InChI is InChI=1S/C33H44N4O7/c1-20(2)28-31(41)34-27(19-23-9-6-10-25(38)18-23)32(42)37-16-7-11-26(36-37)33(43)44-17-5-4-8-22-12-14-24(15-13-22)29(39)21(3)30(40)35-28/h6,9-10,12-15,18,20-21,26-29,36,38-39H,4-5,7-8,11,16-17,19H2,1-3H3,(H,34,41)(H,35,40)/t21-,26+,27+,28+,29+/m1/s1. The van der Waals surface area contributed by atoms with Crippen LogP contribution in [0.25, 0.3) is 0 Å². The van der Waals surface area contributed by atoms with Crippen LogP contribution >= 0.6 is 0 Å². The number of aromatic hydroxyl groups is 1. The average molecular weight is 609 g/mol. The molecule has 2 aromatic rings. The third-order valence-corrected chi connectivity index (χ3v) is 8.26. The van der Waals surface area contributed by atoms with Crippen LogP contribution < -0.4 is 16.1 Å². The van der Waals surface area contributed by atoms with Crippen LogP contribution in [0.3, 0.4) is 0 Å². The molecule has 4 bridgehead atoms. The van der Waals surface area contributed by atoms with Gasteiger partial charge in [-0.2, -0.15) is 0 Å². The van der Waals surface area contributed by atoms with E-state index in [9.17, 15) is 29.4 Å². The molecule has 44 heavy (non-hydrogen) atoms. The first kappa shape index (κ1) is 32.9. The van der Waals surface area contributed by atoms with Crippen LogP contribution in [0, 0.1) is 11.8 Å². The number of hydrazine groups is 1. The Kier molecular flexibility index (Phi) is 11.4. The fourth-order valence-corrected chi connectivity index (χ4v) is 5.52. The summed E-state index contributed by atoms with van der Waals surface area (Å²) >= 11 is 0. The van der Waals surface area contributed by atoms with Crippen molar-refractivity contribution in [3.05, 3.63) is 65.2 Å². The van der Waals surface area contributed by atoms with E-state index in [-0.39, 0.29) is 24.7 Å². The second-order valence-corrected chi connectivity index (χ2v) is 12.1. The van der Waals surface area contributed by atoms with Gasteiger partial charge in [0.15, 0.2) is 0 Å². The number of rotatable bonds is 3. The van der Waals surface area contributed by atoms with E-state index < -0.39 is 53.8 Å². The molecule has 0 aromatic heterocycles. The summed E-state index contributed by atoms with van der Waals surface area (Å²) in [6.45, 7) is 5.75. The fourth-order valence-electron chi connectivity index (χ4n) is 5.52. The Labute approximate surface area is 258 Å². The maximum Gasteiger partial charge on any atom is 0.324 e. The molecule has 1 saturated heterocycles. The van der Waals surface area contributed by atoms with Gasteiger partial charge in [-0.25, -0.2) is 5.43 Å². The van der Waals surface area contributed by atoms with Crippen molar-refractivity contribution in [2.24, 2.45) is 11.8 Å². The Morgan fingerprint density at radius 3 is 2.43 bits per heavy atom. The molecule has 3 aliphatic rings. The second-order valence-electron chi connectivity index (χ2n) is 12.1. The van der Waals surface area contributed by atoms with Crippen LogP contribution in [0.15, 0.2) is 48.5 Å². The molecule has 2 aromatic carbocycles. The SMILES string of the molecule is CC(C)[C@@H]1NC(=O)[C@H](C)[C@H](O)c2ccc(cc2)CCCCOC(=O)[C@@H]2CCCN(N2)C(=O)[C@H](Cc2cccc(O)c2)NC1=O. The van der Waals surface area contributed by atoms with E-state index in [2.05, 4.69) is 16.1 Å². The summed E-state index contributed by atoms with van der Waals surface area (Å²) in [4.78, 5) is 53.7. The van der Waals surface area contributed by atoms with Crippen LogP contribution in [-0.2, 0) is 36.8 Å². The first-order chi connectivity index (χ1) is 21.0. The van der Waals surface area contributed by atoms with Gasteiger partial charge in [0.1, 0.15) is 23.9 Å². The van der Waals surface area contributed by atoms with Gasteiger partial charge in [-0.3, -0.25) is 24.2 Å². The molecule has 3 heterocycles. The van der Waals surface area contributed by atoms with Crippen molar-refractivity contribution in [2.45, 2.75) is 83.5 Å². The number of ether oxygens (including phenoxy) is 1. The molecule has 5 rings (SSSR count). The molecule has 5 N–H and O–H groups in total. The Hall–Kier alpha value is -3.96. The van der Waals surface area contributed by atoms with E-state index in [4.69, 9.17) is 4.74 Å². The number of hydrogen-bond acceptors (Lipinski definition) is 8. The summed E-state index contributed by atoms with van der Waals surface area (Å²) in [5, 5.41) is 27.9. The minimum atomic E-state index is -1.09. The number of nitrogens with one attached hydrogen (secondary N) is 3. The highest BCUT2D eigenvalue weighted by Crippen LogP contribution is 2.24. The van der Waals surface area contributed by atoms with E-state index in [0.717, 1.165) is 18.4 Å². The van der Waals surface area contributed by atoms with Crippen LogP contribution in [0.4, 0.5) is 0 Å². The summed E-state index contributed by atoms with van der Waals surface area (Å²) in [6, 6.07) is 11.1. The number of esters is 1. The summed E-state index contributed by atoms with van der Waals surface area (Å²) in [5.41, 5.74) is 5.26. The van der Waals surface area contributed by atoms with Gasteiger partial charge < -0.3 is 25.6 Å². The lowest BCUT2D eigenvalue weighted by atomic mass is 9.94. The molecule has 11 nitrogen and oxygen atoms in total. The number of phenolic OH excluding ortho intramolecular Hbond substituents is 1. The van der Waals surface area contributed by atoms with Gasteiger partial charge in [0.2, 0.25) is 11.8 Å². The summed E-state index contributed by atoms with van der Waals surface area (Å²) in [6.07, 6.45) is 2.27. The van der Waals surface area contributed by atoms with Gasteiger partial charge in [-0.1, -0.05) is 57.2 Å². The largest absolute Gasteiger partial charge is 0.508 e. The Morgan fingerprint density at radius 2 is 1.73 bits per heavy atom. The maximum atomic E-state index is 13.9. The van der Waals surface area contributed by atoms with Gasteiger partial charge in [0.25, 0.3) is 5.91 Å². The number of phenols is 1. The van der Waals surface area contributed by atoms with Crippen LogP contribution in [0.2, 0.25) is 0 Å². The molecule has 5 atom stereocenters. The topological polar surface area (TPSA) is 157 Å². The highest BCUT2D eigenvalue weighted by Gasteiger charge is 2.36. The number of carbonyl (C=O) groups is 4. The average Bonchev–Trinajstić information content (AvgIpc) is 3.01. The number of nitrogens with zero attached hydrogens (tertiary/aromatic N) is 1. The molecular weight excluding hydrogens is 564 g/mol. The molecule has 0 radical (unpaired) electrons. The third-order valence-electron chi connectivity index (χ3n) is 8.26. The lowest BCUT2D eigenvalue weighted by molar-refractivity contribution is -0.153. The molecule has 0 aliphatic carbocycles. The molecule has 3 aliphatic heterocycles. The summed E-state index contributed by atoms with van der Waals surface area (Å²) in [5.74, 6) is -3.11. The van der Waals surface area contributed by atoms with Crippen LogP contribution in [0.1, 0.15) is 69.2 Å². The molecular formula is C33H44N4O7. The lowest BCUT2D eigenvalue weighted by Crippen LogP contribution is -2.62. The Balaban J connectivity index is 1.62. The normalized spacial score (nSPS) is 26.3. The third kappa shape index (κ3) is 8.57. The van der Waals surface area contributed by atoms with Crippen molar-refractivity contribution in [1.82, 2.24) is 21.1 Å². The molecule has 0 saturated carbocycles. The van der Waals surface area contributed by atoms with E-state index in [1.54, 1.807) is 45.0 Å². The number of hydrogen-bond donors (Lipinski definition) is 5. The smallest absolute Gasteiger partial charge is 0.324 e. The monoisotopic (exact) mass is 608 g/mol. The number of carbonyl (C=O) groups excluding carboxylic acids is 4. The number of aliphatic hydroxyl groups is 1. The van der Waals surface area contributed by atoms with Crippen molar-refractivity contribution in [2.75, 3.05) is 13.2 Å². The highest BCUT2D eigenvalue weighted by molar-refractivity contribution is 5.93. The molecule has 11 heteroatoms.